The smallest absolute Gasteiger partial charge is 0.337 e. The van der Waals surface area contributed by atoms with Crippen molar-refractivity contribution >= 4 is 17.0 Å². The predicted octanol–water partition coefficient (Wildman–Crippen LogP) is 5.80. The average molecular weight is 577 g/mol. The van der Waals surface area contributed by atoms with Gasteiger partial charge in [0.25, 0.3) is 0 Å². The van der Waals surface area contributed by atoms with E-state index < -0.39 is 11.6 Å². The third-order valence-corrected chi connectivity index (χ3v) is 8.38. The fourth-order valence-corrected chi connectivity index (χ4v) is 5.82. The highest BCUT2D eigenvalue weighted by Crippen LogP contribution is 2.34. The summed E-state index contributed by atoms with van der Waals surface area (Å²) >= 11 is 0. The van der Waals surface area contributed by atoms with Crippen molar-refractivity contribution in [1.82, 2.24) is 19.4 Å². The summed E-state index contributed by atoms with van der Waals surface area (Å²) in [6.45, 7) is 5.27. The molecule has 2 aliphatic rings. The second-order valence-electron chi connectivity index (χ2n) is 11.0. The number of aromatic nitrogens is 3. The van der Waals surface area contributed by atoms with Gasteiger partial charge in [-0.15, -0.1) is 0 Å². The SMILES string of the molecule is COC(=O)c1ccc2nc(C(C)N3CCC(c4cccc(OCc5cc(F)ccc5F)n4)CC3)n(C[C@@H]3CCO3)c2c1. The van der Waals surface area contributed by atoms with E-state index in [1.54, 1.807) is 12.1 Å². The molecule has 0 amide bonds. The molecule has 6 rings (SSSR count). The van der Waals surface area contributed by atoms with E-state index in [0.717, 1.165) is 79.7 Å². The molecule has 0 saturated carbocycles. The van der Waals surface area contributed by atoms with Crippen molar-refractivity contribution in [2.24, 2.45) is 0 Å². The number of imidazole rings is 1. The van der Waals surface area contributed by atoms with Crippen molar-refractivity contribution in [2.75, 3.05) is 26.8 Å². The average Bonchev–Trinajstić information content (AvgIpc) is 3.36. The number of methoxy groups -OCH3 is 1. The van der Waals surface area contributed by atoms with Crippen LogP contribution in [0.2, 0.25) is 0 Å². The number of carbonyl (C=O) groups is 1. The summed E-state index contributed by atoms with van der Waals surface area (Å²) in [7, 11) is 1.38. The molecule has 42 heavy (non-hydrogen) atoms. The Morgan fingerprint density at radius 1 is 1.07 bits per heavy atom. The minimum Gasteiger partial charge on any atom is -0.473 e. The first-order valence-corrected chi connectivity index (χ1v) is 14.4. The maximum absolute atomic E-state index is 14.0. The Hall–Kier alpha value is -3.89. The number of rotatable bonds is 9. The Labute approximate surface area is 243 Å². The van der Waals surface area contributed by atoms with Gasteiger partial charge in [-0.05, 0) is 81.7 Å². The third kappa shape index (κ3) is 5.87. The number of piperidine rings is 1. The first-order valence-electron chi connectivity index (χ1n) is 14.4. The molecule has 220 valence electrons. The van der Waals surface area contributed by atoms with Gasteiger partial charge in [-0.25, -0.2) is 23.5 Å². The van der Waals surface area contributed by atoms with Crippen LogP contribution in [0.1, 0.15) is 65.6 Å². The Morgan fingerprint density at radius 2 is 1.88 bits per heavy atom. The largest absolute Gasteiger partial charge is 0.473 e. The van der Waals surface area contributed by atoms with Crippen LogP contribution in [0.5, 0.6) is 5.88 Å². The van der Waals surface area contributed by atoms with Crippen molar-refractivity contribution < 1.29 is 27.8 Å². The lowest BCUT2D eigenvalue weighted by atomic mass is 9.92. The Morgan fingerprint density at radius 3 is 2.62 bits per heavy atom. The zero-order valence-electron chi connectivity index (χ0n) is 23.8. The molecule has 2 saturated heterocycles. The van der Waals surface area contributed by atoms with Crippen LogP contribution >= 0.6 is 0 Å². The molecular formula is C32H34F2N4O4. The first-order chi connectivity index (χ1) is 20.4. The highest BCUT2D eigenvalue weighted by atomic mass is 19.1. The van der Waals surface area contributed by atoms with Gasteiger partial charge in [0.1, 0.15) is 24.1 Å². The molecule has 0 aliphatic carbocycles. The number of likely N-dealkylation sites (tertiary alicyclic amines) is 1. The zero-order valence-corrected chi connectivity index (χ0v) is 23.8. The van der Waals surface area contributed by atoms with Gasteiger partial charge in [-0.2, -0.15) is 0 Å². The molecule has 4 heterocycles. The number of esters is 1. The molecule has 2 atom stereocenters. The van der Waals surface area contributed by atoms with Crippen molar-refractivity contribution in [3.05, 3.63) is 88.9 Å². The summed E-state index contributed by atoms with van der Waals surface area (Å²) in [5, 5.41) is 0. The zero-order chi connectivity index (χ0) is 29.2. The van der Waals surface area contributed by atoms with Crippen LogP contribution in [0.15, 0.2) is 54.6 Å². The van der Waals surface area contributed by atoms with Gasteiger partial charge in [0.05, 0.1) is 42.4 Å². The van der Waals surface area contributed by atoms with E-state index in [0.29, 0.717) is 18.0 Å². The van der Waals surface area contributed by atoms with E-state index in [1.807, 2.05) is 24.3 Å². The molecule has 0 radical (unpaired) electrons. The number of hydrogen-bond acceptors (Lipinski definition) is 7. The van der Waals surface area contributed by atoms with Crippen LogP contribution in [0.25, 0.3) is 11.0 Å². The van der Waals surface area contributed by atoms with E-state index >= 15 is 0 Å². The Kier molecular flexibility index (Phi) is 8.17. The van der Waals surface area contributed by atoms with Gasteiger partial charge < -0.3 is 18.8 Å². The number of benzene rings is 2. The van der Waals surface area contributed by atoms with Crippen molar-refractivity contribution in [1.29, 1.82) is 0 Å². The Bertz CT molecular complexity index is 1580. The van der Waals surface area contributed by atoms with E-state index in [-0.39, 0.29) is 36.2 Å². The predicted molar refractivity (Wildman–Crippen MR) is 152 cm³/mol. The summed E-state index contributed by atoms with van der Waals surface area (Å²) in [6.07, 6.45) is 2.97. The quantitative estimate of drug-likeness (QED) is 0.233. The second-order valence-corrected chi connectivity index (χ2v) is 11.0. The lowest BCUT2D eigenvalue weighted by molar-refractivity contribution is -0.0594. The summed E-state index contributed by atoms with van der Waals surface area (Å²) < 4.78 is 46.1. The van der Waals surface area contributed by atoms with Crippen LogP contribution in [0, 0.1) is 11.6 Å². The lowest BCUT2D eigenvalue weighted by Gasteiger charge is -2.36. The van der Waals surface area contributed by atoms with Crippen LogP contribution in [-0.4, -0.2) is 58.3 Å². The van der Waals surface area contributed by atoms with E-state index in [1.165, 1.54) is 7.11 Å². The minimum absolute atomic E-state index is 0.0591. The number of fused-ring (bicyclic) bond motifs is 1. The lowest BCUT2D eigenvalue weighted by Crippen LogP contribution is -2.37. The van der Waals surface area contributed by atoms with Gasteiger partial charge >= 0.3 is 5.97 Å². The number of halogens is 2. The molecule has 8 nitrogen and oxygen atoms in total. The fraction of sp³-hybridized carbons (Fsp3) is 0.406. The first kappa shape index (κ1) is 28.2. The number of ether oxygens (including phenoxy) is 3. The van der Waals surface area contributed by atoms with Crippen LogP contribution < -0.4 is 4.74 Å². The fourth-order valence-electron chi connectivity index (χ4n) is 5.82. The molecule has 0 N–H and O–H groups in total. The van der Waals surface area contributed by atoms with Gasteiger partial charge in [0.15, 0.2) is 0 Å². The van der Waals surface area contributed by atoms with Gasteiger partial charge in [-0.1, -0.05) is 6.07 Å². The summed E-state index contributed by atoms with van der Waals surface area (Å²) in [4.78, 5) is 24.3. The van der Waals surface area contributed by atoms with E-state index in [4.69, 9.17) is 19.2 Å². The highest BCUT2D eigenvalue weighted by molar-refractivity contribution is 5.93. The number of hydrogen-bond donors (Lipinski definition) is 0. The molecule has 0 spiro atoms. The molecule has 4 aromatic rings. The Balaban J connectivity index is 1.14. The van der Waals surface area contributed by atoms with Gasteiger partial charge in [0.2, 0.25) is 5.88 Å². The molecule has 2 fully saturated rings. The van der Waals surface area contributed by atoms with Crippen molar-refractivity contribution in [3.63, 3.8) is 0 Å². The highest BCUT2D eigenvalue weighted by Gasteiger charge is 2.30. The summed E-state index contributed by atoms with van der Waals surface area (Å²) in [5.41, 5.74) is 3.34. The summed E-state index contributed by atoms with van der Waals surface area (Å²) in [6, 6.07) is 14.5. The molecule has 10 heteroatoms. The van der Waals surface area contributed by atoms with Crippen molar-refractivity contribution in [3.8, 4) is 5.88 Å². The van der Waals surface area contributed by atoms with Crippen LogP contribution in [0.4, 0.5) is 8.78 Å². The second kappa shape index (κ2) is 12.1. The van der Waals surface area contributed by atoms with Crippen LogP contribution in [0.3, 0.4) is 0 Å². The maximum atomic E-state index is 14.0. The third-order valence-electron chi connectivity index (χ3n) is 8.38. The van der Waals surface area contributed by atoms with E-state index in [2.05, 4.69) is 21.4 Å². The molecule has 0 bridgehead atoms. The van der Waals surface area contributed by atoms with Gasteiger partial charge in [-0.3, -0.25) is 4.90 Å². The van der Waals surface area contributed by atoms with Gasteiger partial charge in [0, 0.05) is 29.8 Å². The topological polar surface area (TPSA) is 78.7 Å². The molecule has 2 aliphatic heterocycles. The van der Waals surface area contributed by atoms with Crippen molar-refractivity contribution in [2.45, 2.75) is 57.4 Å². The molecule has 2 aromatic carbocycles. The maximum Gasteiger partial charge on any atom is 0.337 e. The standard InChI is InChI=1S/C32H34F2N4O4/c1-20(31-36-28-9-6-22(32(39)40-2)17-29(28)38(31)18-25-12-15-41-25)37-13-10-21(11-14-37)27-4-3-5-30(35-27)42-19-23-16-24(33)7-8-26(23)34/h3-9,16-17,20-21,25H,10-15,18-19H2,1-2H3/t20?,25-/m0/s1. The molecule has 1 unspecified atom stereocenters. The molecular weight excluding hydrogens is 542 g/mol. The number of carbonyl (C=O) groups excluding carboxylic acids is 1. The van der Waals surface area contributed by atoms with E-state index in [9.17, 15) is 13.6 Å². The number of pyridine rings is 1. The monoisotopic (exact) mass is 576 g/mol. The summed E-state index contributed by atoms with van der Waals surface area (Å²) in [5.74, 6) is 0.227. The molecule has 2 aromatic heterocycles. The van der Waals surface area contributed by atoms with Crippen LogP contribution in [-0.2, 0) is 22.6 Å². The number of nitrogens with zero attached hydrogens (tertiary/aromatic N) is 4. The minimum atomic E-state index is -0.508. The normalized spacial score (nSPS) is 18.5.